The molecule has 0 bridgehead atoms. The lowest BCUT2D eigenvalue weighted by Gasteiger charge is -2.24. The van der Waals surface area contributed by atoms with Crippen molar-refractivity contribution < 1.29 is 36.1 Å². The molecule has 2 heterocycles. The van der Waals surface area contributed by atoms with Crippen LogP contribution in [0.3, 0.4) is 0 Å². The van der Waals surface area contributed by atoms with Crippen molar-refractivity contribution in [1.82, 2.24) is 30.9 Å². The van der Waals surface area contributed by atoms with Gasteiger partial charge in [0.1, 0.15) is 18.1 Å². The van der Waals surface area contributed by atoms with Crippen molar-refractivity contribution in [2.45, 2.75) is 39.4 Å². The Balaban J connectivity index is 1.83. The van der Waals surface area contributed by atoms with Gasteiger partial charge < -0.3 is 9.84 Å². The number of amides is 3. The average molecular weight is 547 g/mol. The summed E-state index contributed by atoms with van der Waals surface area (Å²) in [6.07, 6.45) is -5.32. The molecule has 3 aromatic rings. The van der Waals surface area contributed by atoms with Gasteiger partial charge >= 0.3 is 12.2 Å². The summed E-state index contributed by atoms with van der Waals surface area (Å²) < 4.78 is 71.9. The minimum absolute atomic E-state index is 0.0220. The molecule has 0 radical (unpaired) electrons. The second-order valence-electron chi connectivity index (χ2n) is 7.78. The smallest absolute Gasteiger partial charge is 0.339 e. The molecular weight excluding hydrogens is 527 g/mol. The fraction of sp³-hybridized carbons (Fsp3) is 0.318. The minimum Gasteiger partial charge on any atom is -0.339 e. The van der Waals surface area contributed by atoms with E-state index in [-0.39, 0.29) is 45.7 Å². The Labute approximate surface area is 212 Å². The van der Waals surface area contributed by atoms with E-state index in [4.69, 9.17) is 16.1 Å². The Morgan fingerprint density at radius 3 is 2.46 bits per heavy atom. The number of aromatic nitrogens is 3. The summed E-state index contributed by atoms with van der Waals surface area (Å²) in [4.78, 5) is 32.0. The van der Waals surface area contributed by atoms with Crippen molar-refractivity contribution in [2.75, 3.05) is 6.54 Å². The molecule has 37 heavy (non-hydrogen) atoms. The second kappa shape index (κ2) is 11.1. The zero-order valence-electron chi connectivity index (χ0n) is 19.6. The number of aryl methyl sites for hydroxylation is 1. The Morgan fingerprint density at radius 2 is 1.89 bits per heavy atom. The first kappa shape index (κ1) is 27.8. The van der Waals surface area contributed by atoms with Crippen molar-refractivity contribution in [3.05, 3.63) is 52.6 Å². The van der Waals surface area contributed by atoms with Crippen LogP contribution >= 0.6 is 11.6 Å². The normalized spacial score (nSPS) is 12.2. The van der Waals surface area contributed by atoms with Crippen LogP contribution in [0.4, 0.5) is 26.7 Å². The zero-order chi connectivity index (χ0) is 27.5. The predicted octanol–water partition coefficient (Wildman–Crippen LogP) is 5.11. The highest BCUT2D eigenvalue weighted by Crippen LogP contribution is 2.36. The van der Waals surface area contributed by atoms with Crippen LogP contribution in [-0.4, -0.2) is 44.8 Å². The lowest BCUT2D eigenvalue weighted by molar-refractivity contribution is -0.156. The summed E-state index contributed by atoms with van der Waals surface area (Å²) in [6.45, 7) is 4.13. The maximum absolute atomic E-state index is 15.1. The summed E-state index contributed by atoms with van der Waals surface area (Å²) in [5, 5.41) is 6.69. The maximum atomic E-state index is 15.1. The topological polar surface area (TPSA) is 113 Å². The highest BCUT2D eigenvalue weighted by Gasteiger charge is 2.32. The molecule has 0 fully saturated rings. The van der Waals surface area contributed by atoms with E-state index < -0.39 is 42.2 Å². The molecule has 0 saturated carbocycles. The van der Waals surface area contributed by atoms with Crippen molar-refractivity contribution >= 4 is 23.5 Å². The number of urea groups is 1. The molecular formula is C22H20ClF5N6O3. The number of hydrazine groups is 1. The van der Waals surface area contributed by atoms with E-state index in [2.05, 4.69) is 20.4 Å². The monoisotopic (exact) mass is 546 g/mol. The van der Waals surface area contributed by atoms with Gasteiger partial charge in [0.05, 0.1) is 17.3 Å². The number of alkyl halides is 3. The number of nitrogens with zero attached hydrogens (tertiary/aromatic N) is 4. The molecule has 1 atom stereocenters. The van der Waals surface area contributed by atoms with Crippen LogP contribution in [0, 0.1) is 18.6 Å². The van der Waals surface area contributed by atoms with E-state index in [9.17, 15) is 27.2 Å². The van der Waals surface area contributed by atoms with Crippen molar-refractivity contribution in [3.8, 4) is 22.5 Å². The quantitative estimate of drug-likeness (QED) is 0.328. The number of carbonyl (C=O) groups is 2. The van der Waals surface area contributed by atoms with Gasteiger partial charge in [-0.3, -0.25) is 15.2 Å². The molecule has 0 spiro atoms. The van der Waals surface area contributed by atoms with Gasteiger partial charge in [-0.05, 0) is 37.6 Å². The molecule has 15 heteroatoms. The number of nitrogens with one attached hydrogen (secondary N) is 2. The Morgan fingerprint density at radius 1 is 1.19 bits per heavy atom. The standard InChI is InChI=1S/C22H20ClF5N6O3/c1-4-34(32-17(35)8-22(26,27)28)21(36)30-10(2)19-16(25)5-12(9-29-19)14-6-13(23)7-15(24)18(14)20-31-11(3)37-33-20/h5-7,9-10H,4,8H2,1-3H3,(H,30,36)(H,32,35)/t10-/m1/s1. The van der Waals surface area contributed by atoms with E-state index in [1.807, 2.05) is 5.43 Å². The molecule has 198 valence electrons. The summed E-state index contributed by atoms with van der Waals surface area (Å²) in [6, 6.07) is 1.40. The first-order valence-electron chi connectivity index (χ1n) is 10.7. The fourth-order valence-corrected chi connectivity index (χ4v) is 3.53. The lowest BCUT2D eigenvalue weighted by atomic mass is 9.99. The van der Waals surface area contributed by atoms with Crippen LogP contribution in [0.1, 0.15) is 37.9 Å². The highest BCUT2D eigenvalue weighted by atomic mass is 35.5. The third kappa shape index (κ3) is 6.90. The lowest BCUT2D eigenvalue weighted by Crippen LogP contribution is -2.51. The average Bonchev–Trinajstić information content (AvgIpc) is 3.20. The van der Waals surface area contributed by atoms with Gasteiger partial charge in [0.2, 0.25) is 17.6 Å². The van der Waals surface area contributed by atoms with Gasteiger partial charge in [-0.25, -0.2) is 18.6 Å². The number of carbonyl (C=O) groups excluding carboxylic acids is 2. The molecule has 0 aliphatic heterocycles. The van der Waals surface area contributed by atoms with Gasteiger partial charge in [-0.1, -0.05) is 16.8 Å². The van der Waals surface area contributed by atoms with Crippen LogP contribution in [0.5, 0.6) is 0 Å². The molecule has 0 aliphatic rings. The molecule has 2 N–H and O–H groups in total. The van der Waals surface area contributed by atoms with Gasteiger partial charge in [0.25, 0.3) is 0 Å². The number of halogens is 6. The molecule has 3 rings (SSSR count). The summed E-state index contributed by atoms with van der Waals surface area (Å²) in [5.74, 6) is -3.01. The van der Waals surface area contributed by atoms with Crippen LogP contribution in [0.2, 0.25) is 5.02 Å². The zero-order valence-corrected chi connectivity index (χ0v) is 20.3. The summed E-state index contributed by atoms with van der Waals surface area (Å²) >= 11 is 6.00. The maximum Gasteiger partial charge on any atom is 0.397 e. The molecule has 3 amide bonds. The van der Waals surface area contributed by atoms with Gasteiger partial charge in [0.15, 0.2) is 0 Å². The number of hydrogen-bond donors (Lipinski definition) is 2. The van der Waals surface area contributed by atoms with Crippen molar-refractivity contribution in [2.24, 2.45) is 0 Å². The van der Waals surface area contributed by atoms with Gasteiger partial charge in [-0.15, -0.1) is 0 Å². The van der Waals surface area contributed by atoms with Crippen molar-refractivity contribution in [3.63, 3.8) is 0 Å². The molecule has 0 saturated heterocycles. The van der Waals surface area contributed by atoms with Crippen LogP contribution < -0.4 is 10.7 Å². The van der Waals surface area contributed by atoms with E-state index in [1.54, 1.807) is 0 Å². The Kier molecular flexibility index (Phi) is 8.31. The third-order valence-corrected chi connectivity index (χ3v) is 5.14. The first-order valence-corrected chi connectivity index (χ1v) is 11.1. The predicted molar refractivity (Wildman–Crippen MR) is 121 cm³/mol. The highest BCUT2D eigenvalue weighted by molar-refractivity contribution is 6.31. The second-order valence-corrected chi connectivity index (χ2v) is 8.22. The molecule has 2 aromatic heterocycles. The number of hydrogen-bond acceptors (Lipinski definition) is 6. The largest absolute Gasteiger partial charge is 0.397 e. The van der Waals surface area contributed by atoms with E-state index >= 15 is 4.39 Å². The molecule has 9 nitrogen and oxygen atoms in total. The molecule has 1 aromatic carbocycles. The first-order chi connectivity index (χ1) is 17.3. The van der Waals surface area contributed by atoms with Crippen LogP contribution in [0.25, 0.3) is 22.5 Å². The van der Waals surface area contributed by atoms with E-state index in [0.717, 1.165) is 12.1 Å². The number of rotatable bonds is 6. The van der Waals surface area contributed by atoms with Crippen molar-refractivity contribution in [1.29, 1.82) is 0 Å². The van der Waals surface area contributed by atoms with Gasteiger partial charge in [-0.2, -0.15) is 18.2 Å². The molecule has 0 unspecified atom stereocenters. The Bertz CT molecular complexity index is 1320. The van der Waals surface area contributed by atoms with E-state index in [1.165, 1.54) is 33.0 Å². The third-order valence-electron chi connectivity index (χ3n) is 4.92. The fourth-order valence-electron chi connectivity index (χ4n) is 3.32. The SMILES string of the molecule is CCN(NC(=O)CC(F)(F)F)C(=O)N[C@H](C)c1ncc(-c2cc(Cl)cc(F)c2-c2noc(C)n2)cc1F. The Hall–Kier alpha value is -3.81. The number of benzene rings is 1. The molecule has 0 aliphatic carbocycles. The van der Waals surface area contributed by atoms with Gasteiger partial charge in [0, 0.05) is 30.3 Å². The van der Waals surface area contributed by atoms with Crippen LogP contribution in [0.15, 0.2) is 28.9 Å². The van der Waals surface area contributed by atoms with E-state index in [0.29, 0.717) is 5.01 Å². The summed E-state index contributed by atoms with van der Waals surface area (Å²) in [7, 11) is 0. The number of pyridine rings is 1. The summed E-state index contributed by atoms with van der Waals surface area (Å²) in [5.41, 5.74) is 1.77. The van der Waals surface area contributed by atoms with Crippen LogP contribution in [-0.2, 0) is 4.79 Å². The minimum atomic E-state index is -4.75.